The number of allylic oxidation sites excluding steroid dienone is 3. The Hall–Kier alpha value is -3.55. The maximum Gasteiger partial charge on any atom is 0.272 e. The molecule has 1 aromatic rings. The third-order valence-electron chi connectivity index (χ3n) is 6.51. The Morgan fingerprint density at radius 3 is 2.82 bits per heavy atom. The molecule has 0 aromatic heterocycles. The van der Waals surface area contributed by atoms with Crippen LogP contribution in [0.15, 0.2) is 58.5 Å². The summed E-state index contributed by atoms with van der Waals surface area (Å²) in [7, 11) is 1.86. The van der Waals surface area contributed by atoms with Gasteiger partial charge in [0, 0.05) is 43.1 Å². The Labute approximate surface area is 193 Å². The van der Waals surface area contributed by atoms with Gasteiger partial charge in [0.1, 0.15) is 23.6 Å². The molecule has 3 aliphatic heterocycles. The van der Waals surface area contributed by atoms with Crippen molar-refractivity contribution in [1.29, 1.82) is 0 Å². The fourth-order valence-electron chi connectivity index (χ4n) is 4.50. The minimum atomic E-state index is -0.531. The Balaban J connectivity index is 1.63. The number of fused-ring (bicyclic) bond motifs is 1. The lowest BCUT2D eigenvalue weighted by Crippen LogP contribution is -2.58. The first-order valence-electron chi connectivity index (χ1n) is 11.1. The second-order valence-corrected chi connectivity index (χ2v) is 8.43. The molecule has 1 saturated heterocycles. The number of carbonyl (C=O) groups is 2. The maximum absolute atomic E-state index is 14.5. The number of nitrogens with zero attached hydrogens (tertiary/aromatic N) is 5. The fraction of sp³-hybridized carbons (Fsp3) is 0.360. The largest absolute Gasteiger partial charge is 0.333 e. The highest BCUT2D eigenvalue weighted by Gasteiger charge is 2.38. The SMILES string of the molecule is C=C(/C=C1/N=C(C(=O)N2CCN3N=CCC3C2C)C=C(CC)N1C)c1ccc(C=O)cc1F. The molecule has 7 nitrogen and oxygen atoms in total. The van der Waals surface area contributed by atoms with Crippen LogP contribution >= 0.6 is 0 Å². The van der Waals surface area contributed by atoms with Crippen molar-refractivity contribution < 1.29 is 14.0 Å². The molecule has 172 valence electrons. The highest BCUT2D eigenvalue weighted by atomic mass is 19.1. The lowest BCUT2D eigenvalue weighted by atomic mass is 10.0. The van der Waals surface area contributed by atoms with Crippen LogP contribution in [0.4, 0.5) is 4.39 Å². The maximum atomic E-state index is 14.5. The summed E-state index contributed by atoms with van der Waals surface area (Å²) < 4.78 is 14.5. The van der Waals surface area contributed by atoms with Gasteiger partial charge in [0.25, 0.3) is 5.91 Å². The van der Waals surface area contributed by atoms with Crippen LogP contribution in [0.2, 0.25) is 0 Å². The molecule has 4 rings (SSSR count). The second kappa shape index (κ2) is 9.13. The lowest BCUT2D eigenvalue weighted by molar-refractivity contribution is -0.129. The monoisotopic (exact) mass is 449 g/mol. The quantitative estimate of drug-likeness (QED) is 0.646. The second-order valence-electron chi connectivity index (χ2n) is 8.43. The minimum Gasteiger partial charge on any atom is -0.333 e. The van der Waals surface area contributed by atoms with Gasteiger partial charge in [-0.05, 0) is 37.1 Å². The minimum absolute atomic E-state index is 0.0161. The van der Waals surface area contributed by atoms with Crippen LogP contribution in [0.3, 0.4) is 0 Å². The lowest BCUT2D eigenvalue weighted by Gasteiger charge is -2.42. The molecule has 0 saturated carbocycles. The summed E-state index contributed by atoms with van der Waals surface area (Å²) in [4.78, 5) is 32.8. The molecule has 33 heavy (non-hydrogen) atoms. The first kappa shape index (κ1) is 22.6. The molecule has 0 spiro atoms. The number of rotatable bonds is 5. The van der Waals surface area contributed by atoms with Gasteiger partial charge in [0.05, 0.1) is 18.6 Å². The van der Waals surface area contributed by atoms with Crippen molar-refractivity contribution in [3.05, 3.63) is 65.4 Å². The van der Waals surface area contributed by atoms with Crippen LogP contribution in [0, 0.1) is 5.82 Å². The smallest absolute Gasteiger partial charge is 0.272 e. The molecule has 0 bridgehead atoms. The van der Waals surface area contributed by atoms with E-state index in [-0.39, 0.29) is 29.1 Å². The van der Waals surface area contributed by atoms with E-state index in [4.69, 9.17) is 0 Å². The highest BCUT2D eigenvalue weighted by molar-refractivity contribution is 6.43. The summed E-state index contributed by atoms with van der Waals surface area (Å²) in [5.41, 5.74) is 2.24. The third kappa shape index (κ3) is 4.25. The zero-order valence-corrected chi connectivity index (χ0v) is 19.2. The van der Waals surface area contributed by atoms with Crippen molar-refractivity contribution in [2.24, 2.45) is 10.1 Å². The zero-order chi connectivity index (χ0) is 23.7. The third-order valence-corrected chi connectivity index (χ3v) is 6.51. The van der Waals surface area contributed by atoms with Crippen molar-refractivity contribution >= 4 is 29.7 Å². The van der Waals surface area contributed by atoms with E-state index in [2.05, 4.69) is 21.7 Å². The number of hydrogen-bond acceptors (Lipinski definition) is 6. The Kier molecular flexibility index (Phi) is 6.26. The molecule has 0 N–H and O–H groups in total. The highest BCUT2D eigenvalue weighted by Crippen LogP contribution is 2.28. The van der Waals surface area contributed by atoms with Crippen molar-refractivity contribution in [3.8, 4) is 0 Å². The summed E-state index contributed by atoms with van der Waals surface area (Å²) in [5, 5.41) is 6.45. The van der Waals surface area contributed by atoms with E-state index in [1.54, 1.807) is 12.1 Å². The Bertz CT molecular complexity index is 1120. The topological polar surface area (TPSA) is 68.6 Å². The van der Waals surface area contributed by atoms with Crippen LogP contribution in [0.1, 0.15) is 42.6 Å². The number of halogens is 1. The summed E-state index contributed by atoms with van der Waals surface area (Å²) in [6.45, 7) is 9.33. The van der Waals surface area contributed by atoms with E-state index >= 15 is 0 Å². The van der Waals surface area contributed by atoms with Crippen LogP contribution < -0.4 is 0 Å². The number of amides is 1. The molecule has 8 heteroatoms. The standard InChI is InChI=1S/C25H28FN5O2/c1-5-19-14-22(25(33)30-10-11-31-23(17(30)3)8-9-27-31)28-24(29(19)4)12-16(2)20-7-6-18(15-32)13-21(20)26/h6-7,9,12-15,17,23H,2,5,8,10-11H2,1,3-4H3/b24-12-. The van der Waals surface area contributed by atoms with E-state index in [1.165, 1.54) is 12.1 Å². The van der Waals surface area contributed by atoms with Gasteiger partial charge >= 0.3 is 0 Å². The van der Waals surface area contributed by atoms with E-state index in [1.807, 2.05) is 43.0 Å². The normalized spacial score (nSPS) is 23.4. The molecule has 1 aromatic carbocycles. The van der Waals surface area contributed by atoms with E-state index in [0.29, 0.717) is 42.9 Å². The van der Waals surface area contributed by atoms with Gasteiger partial charge in [-0.1, -0.05) is 25.6 Å². The summed E-state index contributed by atoms with van der Waals surface area (Å²) in [6, 6.07) is 4.46. The number of hydrogen-bond donors (Lipinski definition) is 0. The number of benzene rings is 1. The predicted octanol–water partition coefficient (Wildman–Crippen LogP) is 3.46. The van der Waals surface area contributed by atoms with Crippen LogP contribution in [-0.2, 0) is 4.79 Å². The van der Waals surface area contributed by atoms with E-state index < -0.39 is 5.82 Å². The molecule has 1 amide bonds. The number of aliphatic imine (C=N–C) groups is 1. The Morgan fingerprint density at radius 1 is 1.33 bits per heavy atom. The molecule has 2 unspecified atom stereocenters. The molecular formula is C25H28FN5O2. The summed E-state index contributed by atoms with van der Waals surface area (Å²) in [6.07, 6.45) is 7.53. The molecule has 1 fully saturated rings. The summed E-state index contributed by atoms with van der Waals surface area (Å²) >= 11 is 0. The van der Waals surface area contributed by atoms with Gasteiger partial charge in [-0.3, -0.25) is 14.6 Å². The zero-order valence-electron chi connectivity index (χ0n) is 19.2. The molecule has 0 radical (unpaired) electrons. The van der Waals surface area contributed by atoms with E-state index in [9.17, 15) is 14.0 Å². The Morgan fingerprint density at radius 2 is 2.12 bits per heavy atom. The number of aldehydes is 1. The van der Waals surface area contributed by atoms with Crippen molar-refractivity contribution in [2.45, 2.75) is 38.8 Å². The molecule has 3 heterocycles. The van der Waals surface area contributed by atoms with Crippen LogP contribution in [0.5, 0.6) is 0 Å². The van der Waals surface area contributed by atoms with Gasteiger partial charge in [-0.2, -0.15) is 5.10 Å². The first-order valence-corrected chi connectivity index (χ1v) is 11.1. The van der Waals surface area contributed by atoms with Crippen molar-refractivity contribution in [2.75, 3.05) is 20.1 Å². The molecule has 3 aliphatic rings. The average Bonchev–Trinajstić information content (AvgIpc) is 3.30. The van der Waals surface area contributed by atoms with Gasteiger partial charge < -0.3 is 9.80 Å². The predicted molar refractivity (Wildman–Crippen MR) is 127 cm³/mol. The summed E-state index contributed by atoms with van der Waals surface area (Å²) in [5.74, 6) is -0.139. The van der Waals surface area contributed by atoms with Gasteiger partial charge in [0.15, 0.2) is 0 Å². The van der Waals surface area contributed by atoms with Gasteiger partial charge in [-0.15, -0.1) is 0 Å². The number of piperazine rings is 1. The van der Waals surface area contributed by atoms with Gasteiger partial charge in [0.2, 0.25) is 0 Å². The molecule has 0 aliphatic carbocycles. The molecular weight excluding hydrogens is 421 g/mol. The average molecular weight is 450 g/mol. The van der Waals surface area contributed by atoms with Gasteiger partial charge in [-0.25, -0.2) is 9.38 Å². The first-order chi connectivity index (χ1) is 15.8. The van der Waals surface area contributed by atoms with Crippen molar-refractivity contribution in [3.63, 3.8) is 0 Å². The van der Waals surface area contributed by atoms with E-state index in [0.717, 1.165) is 12.1 Å². The number of carbonyl (C=O) groups excluding carboxylic acids is 2. The fourth-order valence-corrected chi connectivity index (χ4v) is 4.50. The van der Waals surface area contributed by atoms with Crippen molar-refractivity contribution in [1.82, 2.24) is 14.8 Å². The molecule has 2 atom stereocenters. The number of hydrazone groups is 1. The van der Waals surface area contributed by atoms with Crippen LogP contribution in [-0.4, -0.2) is 71.1 Å². The van der Waals surface area contributed by atoms with Crippen LogP contribution in [0.25, 0.3) is 5.57 Å².